The fourth-order valence-electron chi connectivity index (χ4n) is 3.09. The van der Waals surface area contributed by atoms with Crippen molar-refractivity contribution in [2.75, 3.05) is 10.6 Å². The van der Waals surface area contributed by atoms with E-state index in [0.29, 0.717) is 22.9 Å². The second-order valence-electron chi connectivity index (χ2n) is 7.56. The SMILES string of the molecule is CC(C)C(=O)Nc1ccc(NC(=O)c2cc(C3CC3)nc3ccccc23)cc1. The van der Waals surface area contributed by atoms with Crippen LogP contribution < -0.4 is 10.6 Å². The molecule has 0 unspecified atom stereocenters. The van der Waals surface area contributed by atoms with E-state index in [-0.39, 0.29) is 17.7 Å². The van der Waals surface area contributed by atoms with Gasteiger partial charge in [0.1, 0.15) is 0 Å². The third kappa shape index (κ3) is 3.88. The fraction of sp³-hybridized carbons (Fsp3) is 0.261. The number of benzene rings is 2. The third-order valence-electron chi connectivity index (χ3n) is 4.91. The predicted molar refractivity (Wildman–Crippen MR) is 112 cm³/mol. The molecular weight excluding hydrogens is 350 g/mol. The van der Waals surface area contributed by atoms with Crippen molar-refractivity contribution < 1.29 is 9.59 Å². The van der Waals surface area contributed by atoms with Crippen molar-refractivity contribution in [3.63, 3.8) is 0 Å². The molecule has 1 aliphatic carbocycles. The minimum atomic E-state index is -0.153. The Hall–Kier alpha value is -3.21. The van der Waals surface area contributed by atoms with Gasteiger partial charge >= 0.3 is 0 Å². The Labute approximate surface area is 164 Å². The highest BCUT2D eigenvalue weighted by Crippen LogP contribution is 2.40. The summed E-state index contributed by atoms with van der Waals surface area (Å²) in [7, 11) is 0. The van der Waals surface area contributed by atoms with Crippen LogP contribution in [0.4, 0.5) is 11.4 Å². The molecule has 3 aromatic rings. The minimum Gasteiger partial charge on any atom is -0.326 e. The Kier molecular flexibility index (Phi) is 4.82. The average molecular weight is 373 g/mol. The summed E-state index contributed by atoms with van der Waals surface area (Å²) in [5, 5.41) is 6.66. The van der Waals surface area contributed by atoms with Crippen molar-refractivity contribution in [2.24, 2.45) is 5.92 Å². The summed E-state index contributed by atoms with van der Waals surface area (Å²) in [5.74, 6) is 0.201. The average Bonchev–Trinajstić information content (AvgIpc) is 3.53. The topological polar surface area (TPSA) is 71.1 Å². The number of carbonyl (C=O) groups is 2. The Morgan fingerprint density at radius 1 is 0.964 bits per heavy atom. The molecule has 2 amide bonds. The lowest BCUT2D eigenvalue weighted by atomic mass is 10.1. The highest BCUT2D eigenvalue weighted by atomic mass is 16.2. The molecule has 2 aromatic carbocycles. The normalized spacial score (nSPS) is 13.5. The maximum atomic E-state index is 13.0. The van der Waals surface area contributed by atoms with E-state index in [2.05, 4.69) is 10.6 Å². The van der Waals surface area contributed by atoms with E-state index < -0.39 is 0 Å². The first-order chi connectivity index (χ1) is 13.5. The van der Waals surface area contributed by atoms with E-state index in [4.69, 9.17) is 4.98 Å². The maximum absolute atomic E-state index is 13.0. The number of amides is 2. The predicted octanol–water partition coefficient (Wildman–Crippen LogP) is 4.96. The van der Waals surface area contributed by atoms with Crippen LogP contribution in [0.15, 0.2) is 54.6 Å². The highest BCUT2D eigenvalue weighted by Gasteiger charge is 2.27. The standard InChI is InChI=1S/C23H23N3O2/c1-14(2)22(27)24-16-9-11-17(12-10-16)25-23(28)19-13-21(15-7-8-15)26-20-6-4-3-5-18(19)20/h3-6,9-15H,7-8H2,1-2H3,(H,24,27)(H,25,28). The minimum absolute atomic E-state index is 0.0346. The van der Waals surface area contributed by atoms with Crippen LogP contribution in [0.2, 0.25) is 0 Å². The van der Waals surface area contributed by atoms with Crippen LogP contribution in [0, 0.1) is 5.92 Å². The first-order valence-electron chi connectivity index (χ1n) is 9.63. The van der Waals surface area contributed by atoms with Crippen LogP contribution in [0.1, 0.15) is 48.7 Å². The zero-order chi connectivity index (χ0) is 19.7. The van der Waals surface area contributed by atoms with Crippen molar-refractivity contribution in [1.29, 1.82) is 0 Å². The van der Waals surface area contributed by atoms with Gasteiger partial charge in [0.05, 0.1) is 11.1 Å². The van der Waals surface area contributed by atoms with Gasteiger partial charge in [-0.15, -0.1) is 0 Å². The number of fused-ring (bicyclic) bond motifs is 1. The first kappa shape index (κ1) is 18.2. The molecule has 4 rings (SSSR count). The number of hydrogen-bond donors (Lipinski definition) is 2. The molecule has 0 bridgehead atoms. The molecule has 0 aliphatic heterocycles. The molecule has 142 valence electrons. The van der Waals surface area contributed by atoms with Crippen molar-refractivity contribution in [1.82, 2.24) is 4.98 Å². The summed E-state index contributed by atoms with van der Waals surface area (Å²) in [6.07, 6.45) is 2.27. The molecule has 5 nitrogen and oxygen atoms in total. The summed E-state index contributed by atoms with van der Waals surface area (Å²) in [4.78, 5) is 29.5. The third-order valence-corrected chi connectivity index (χ3v) is 4.91. The summed E-state index contributed by atoms with van der Waals surface area (Å²) < 4.78 is 0. The molecule has 1 aromatic heterocycles. The van der Waals surface area contributed by atoms with Gasteiger partial charge in [0.2, 0.25) is 5.91 Å². The van der Waals surface area contributed by atoms with Gasteiger partial charge in [-0.3, -0.25) is 14.6 Å². The van der Waals surface area contributed by atoms with Crippen molar-refractivity contribution >= 4 is 34.1 Å². The number of rotatable bonds is 5. The zero-order valence-electron chi connectivity index (χ0n) is 16.0. The molecule has 28 heavy (non-hydrogen) atoms. The van der Waals surface area contributed by atoms with Gasteiger partial charge in [-0.05, 0) is 49.2 Å². The van der Waals surface area contributed by atoms with Gasteiger partial charge in [-0.25, -0.2) is 0 Å². The van der Waals surface area contributed by atoms with Gasteiger partial charge in [0.15, 0.2) is 0 Å². The van der Waals surface area contributed by atoms with E-state index >= 15 is 0 Å². The summed E-state index contributed by atoms with van der Waals surface area (Å²) >= 11 is 0. The van der Waals surface area contributed by atoms with Gasteiger partial charge < -0.3 is 10.6 Å². The van der Waals surface area contributed by atoms with Crippen LogP contribution >= 0.6 is 0 Å². The Morgan fingerprint density at radius 3 is 2.25 bits per heavy atom. The maximum Gasteiger partial charge on any atom is 0.256 e. The smallest absolute Gasteiger partial charge is 0.256 e. The van der Waals surface area contributed by atoms with Gasteiger partial charge in [-0.2, -0.15) is 0 Å². The lowest BCUT2D eigenvalue weighted by Gasteiger charge is -2.11. The van der Waals surface area contributed by atoms with E-state index in [1.165, 1.54) is 0 Å². The molecule has 0 atom stereocenters. The number of aromatic nitrogens is 1. The number of nitrogens with zero attached hydrogens (tertiary/aromatic N) is 1. The first-order valence-corrected chi connectivity index (χ1v) is 9.63. The van der Waals surface area contributed by atoms with Crippen LogP contribution in [0.5, 0.6) is 0 Å². The van der Waals surface area contributed by atoms with Crippen LogP contribution in [-0.2, 0) is 4.79 Å². The number of carbonyl (C=O) groups excluding carboxylic acids is 2. The molecule has 0 spiro atoms. The molecule has 0 radical (unpaired) electrons. The number of anilines is 2. The van der Waals surface area contributed by atoms with Crippen LogP contribution in [0.3, 0.4) is 0 Å². The van der Waals surface area contributed by atoms with E-state index in [1.807, 2.05) is 44.2 Å². The fourth-order valence-corrected chi connectivity index (χ4v) is 3.09. The zero-order valence-corrected chi connectivity index (χ0v) is 16.0. The van der Waals surface area contributed by atoms with Crippen LogP contribution in [-0.4, -0.2) is 16.8 Å². The highest BCUT2D eigenvalue weighted by molar-refractivity contribution is 6.12. The van der Waals surface area contributed by atoms with Crippen molar-refractivity contribution in [3.05, 3.63) is 65.9 Å². The molecule has 0 saturated heterocycles. The molecule has 1 fully saturated rings. The molecule has 1 heterocycles. The van der Waals surface area contributed by atoms with E-state index in [1.54, 1.807) is 24.3 Å². The summed E-state index contributed by atoms with van der Waals surface area (Å²) in [5.41, 5.74) is 3.88. The monoisotopic (exact) mass is 373 g/mol. The number of nitrogens with one attached hydrogen (secondary N) is 2. The lowest BCUT2D eigenvalue weighted by molar-refractivity contribution is -0.118. The Balaban J connectivity index is 1.56. The number of para-hydroxylation sites is 1. The van der Waals surface area contributed by atoms with Crippen LogP contribution in [0.25, 0.3) is 10.9 Å². The second-order valence-corrected chi connectivity index (χ2v) is 7.56. The molecule has 1 aliphatic rings. The number of pyridine rings is 1. The van der Waals surface area contributed by atoms with Gasteiger partial charge in [0.25, 0.3) is 5.91 Å². The molecule has 5 heteroatoms. The lowest BCUT2D eigenvalue weighted by Crippen LogP contribution is -2.17. The van der Waals surface area contributed by atoms with Crippen molar-refractivity contribution in [3.8, 4) is 0 Å². The largest absolute Gasteiger partial charge is 0.326 e. The van der Waals surface area contributed by atoms with Gasteiger partial charge in [-0.1, -0.05) is 32.0 Å². The second kappa shape index (κ2) is 7.43. The van der Waals surface area contributed by atoms with Gasteiger partial charge in [0, 0.05) is 34.3 Å². The quantitative estimate of drug-likeness (QED) is 0.664. The van der Waals surface area contributed by atoms with E-state index in [9.17, 15) is 9.59 Å². The summed E-state index contributed by atoms with van der Waals surface area (Å²) in [6, 6.07) is 16.8. The Morgan fingerprint density at radius 2 is 1.61 bits per heavy atom. The summed E-state index contributed by atoms with van der Waals surface area (Å²) in [6.45, 7) is 3.69. The number of hydrogen-bond acceptors (Lipinski definition) is 3. The molecule has 1 saturated carbocycles. The Bertz CT molecular complexity index is 1040. The molecular formula is C23H23N3O2. The van der Waals surface area contributed by atoms with E-state index in [0.717, 1.165) is 29.4 Å². The molecule has 2 N–H and O–H groups in total. The van der Waals surface area contributed by atoms with Crippen molar-refractivity contribution in [2.45, 2.75) is 32.6 Å².